The summed E-state index contributed by atoms with van der Waals surface area (Å²) in [5.41, 5.74) is 0.823. The van der Waals surface area contributed by atoms with Gasteiger partial charge in [-0.1, -0.05) is 18.2 Å². The number of carbonyl (C=O) groups is 2. The van der Waals surface area contributed by atoms with Gasteiger partial charge in [0.1, 0.15) is 0 Å². The van der Waals surface area contributed by atoms with E-state index in [-0.39, 0.29) is 23.4 Å². The van der Waals surface area contributed by atoms with Crippen LogP contribution in [0, 0.1) is 10.1 Å². The van der Waals surface area contributed by atoms with Crippen molar-refractivity contribution in [3.63, 3.8) is 0 Å². The number of fused-ring (bicyclic) bond motifs is 1. The van der Waals surface area contributed by atoms with E-state index < -0.39 is 16.8 Å². The Bertz CT molecular complexity index is 1040. The summed E-state index contributed by atoms with van der Waals surface area (Å²) in [4.78, 5) is 34.9. The fraction of sp³-hybridized carbons (Fsp3) is 0.200. The first-order chi connectivity index (χ1) is 13.5. The van der Waals surface area contributed by atoms with Crippen molar-refractivity contribution >= 4 is 39.0 Å². The van der Waals surface area contributed by atoms with Crippen molar-refractivity contribution < 1.29 is 19.2 Å². The third-order valence-electron chi connectivity index (χ3n) is 4.14. The lowest BCUT2D eigenvalue weighted by atomic mass is 10.1. The Labute approximate surface area is 165 Å². The summed E-state index contributed by atoms with van der Waals surface area (Å²) in [5.74, 6) is -1.18. The number of nitro groups is 1. The molecule has 0 fully saturated rings. The molecule has 8 heteroatoms. The standard InChI is InChI=1S/C20H18N2O5S/c1-2-27-20(24)15-9-14(10-16(11-15)22(25)26)19(23)21-8-7-13-12-28-18-6-4-3-5-17(13)18/h3-6,9-12H,2,7-8H2,1H3,(H,21,23). The molecule has 7 nitrogen and oxygen atoms in total. The normalized spacial score (nSPS) is 10.6. The molecule has 0 atom stereocenters. The molecule has 1 aromatic heterocycles. The van der Waals surface area contributed by atoms with Gasteiger partial charge in [0.15, 0.2) is 0 Å². The Balaban J connectivity index is 1.72. The van der Waals surface area contributed by atoms with Crippen molar-refractivity contribution in [3.8, 4) is 0 Å². The van der Waals surface area contributed by atoms with E-state index >= 15 is 0 Å². The fourth-order valence-electron chi connectivity index (χ4n) is 2.82. The Morgan fingerprint density at radius 1 is 1.18 bits per heavy atom. The van der Waals surface area contributed by atoms with Crippen molar-refractivity contribution in [3.05, 3.63) is 74.6 Å². The second-order valence-corrected chi connectivity index (χ2v) is 6.92. The van der Waals surface area contributed by atoms with Crippen molar-refractivity contribution in [2.24, 2.45) is 0 Å². The average molecular weight is 398 g/mol. The minimum absolute atomic E-state index is 0.0231. The van der Waals surface area contributed by atoms with Crippen LogP contribution in [0.25, 0.3) is 10.1 Å². The van der Waals surface area contributed by atoms with E-state index in [1.165, 1.54) is 10.8 Å². The van der Waals surface area contributed by atoms with Crippen LogP contribution in [0.2, 0.25) is 0 Å². The van der Waals surface area contributed by atoms with Gasteiger partial charge in [0.2, 0.25) is 0 Å². The van der Waals surface area contributed by atoms with Crippen molar-refractivity contribution in [1.82, 2.24) is 5.32 Å². The lowest BCUT2D eigenvalue weighted by Crippen LogP contribution is -2.26. The topological polar surface area (TPSA) is 98.5 Å². The van der Waals surface area contributed by atoms with Gasteiger partial charge in [-0.05, 0) is 41.8 Å². The van der Waals surface area contributed by atoms with Crippen LogP contribution in [-0.4, -0.2) is 30.0 Å². The molecule has 3 aromatic rings. The van der Waals surface area contributed by atoms with E-state index in [9.17, 15) is 19.7 Å². The molecule has 0 spiro atoms. The quantitative estimate of drug-likeness (QED) is 0.369. The number of non-ortho nitro benzene ring substituents is 1. The van der Waals surface area contributed by atoms with Crippen LogP contribution >= 0.6 is 11.3 Å². The zero-order valence-electron chi connectivity index (χ0n) is 15.1. The number of hydrogen-bond acceptors (Lipinski definition) is 6. The molecule has 0 saturated heterocycles. The van der Waals surface area contributed by atoms with Crippen LogP contribution in [-0.2, 0) is 11.2 Å². The number of carbonyl (C=O) groups excluding carboxylic acids is 2. The molecule has 0 aliphatic heterocycles. The minimum Gasteiger partial charge on any atom is -0.462 e. The van der Waals surface area contributed by atoms with Crippen LogP contribution in [0.5, 0.6) is 0 Å². The summed E-state index contributed by atoms with van der Waals surface area (Å²) < 4.78 is 6.06. The molecular weight excluding hydrogens is 380 g/mol. The van der Waals surface area contributed by atoms with Gasteiger partial charge in [0.25, 0.3) is 11.6 Å². The Morgan fingerprint density at radius 2 is 1.93 bits per heavy atom. The molecule has 0 bridgehead atoms. The lowest BCUT2D eigenvalue weighted by molar-refractivity contribution is -0.384. The van der Waals surface area contributed by atoms with Crippen LogP contribution in [0.3, 0.4) is 0 Å². The van der Waals surface area contributed by atoms with Gasteiger partial charge in [-0.25, -0.2) is 4.79 Å². The molecule has 1 amide bonds. The molecule has 0 unspecified atom stereocenters. The number of rotatable bonds is 7. The van der Waals surface area contributed by atoms with E-state index in [0.29, 0.717) is 13.0 Å². The highest BCUT2D eigenvalue weighted by Crippen LogP contribution is 2.25. The molecule has 3 rings (SSSR count). The predicted octanol–water partition coefficient (Wildman–Crippen LogP) is 3.96. The molecule has 1 N–H and O–H groups in total. The highest BCUT2D eigenvalue weighted by atomic mass is 32.1. The van der Waals surface area contributed by atoms with Gasteiger partial charge in [-0.2, -0.15) is 0 Å². The number of benzene rings is 2. The third-order valence-corrected chi connectivity index (χ3v) is 5.16. The Morgan fingerprint density at radius 3 is 2.68 bits per heavy atom. The van der Waals surface area contributed by atoms with Gasteiger partial charge in [-0.15, -0.1) is 11.3 Å². The molecule has 1 heterocycles. The molecular formula is C20H18N2O5S. The zero-order valence-corrected chi connectivity index (χ0v) is 16.0. The number of nitrogens with one attached hydrogen (secondary N) is 1. The average Bonchev–Trinajstić information content (AvgIpc) is 3.11. The van der Waals surface area contributed by atoms with Crippen LogP contribution < -0.4 is 5.32 Å². The van der Waals surface area contributed by atoms with Gasteiger partial charge < -0.3 is 10.1 Å². The number of amides is 1. The lowest BCUT2D eigenvalue weighted by Gasteiger charge is -2.07. The summed E-state index contributed by atoms with van der Waals surface area (Å²) in [6.07, 6.45) is 0.634. The number of ether oxygens (including phenoxy) is 1. The van der Waals surface area contributed by atoms with E-state index in [2.05, 4.69) is 10.7 Å². The van der Waals surface area contributed by atoms with E-state index in [1.807, 2.05) is 24.3 Å². The van der Waals surface area contributed by atoms with E-state index in [4.69, 9.17) is 4.74 Å². The first-order valence-electron chi connectivity index (χ1n) is 8.69. The summed E-state index contributed by atoms with van der Waals surface area (Å²) >= 11 is 1.65. The molecule has 144 valence electrons. The summed E-state index contributed by atoms with van der Waals surface area (Å²) in [6.45, 7) is 2.14. The fourth-order valence-corrected chi connectivity index (χ4v) is 3.82. The molecule has 28 heavy (non-hydrogen) atoms. The zero-order chi connectivity index (χ0) is 20.1. The minimum atomic E-state index is -0.704. The van der Waals surface area contributed by atoms with Crippen molar-refractivity contribution in [1.29, 1.82) is 0 Å². The molecule has 0 aliphatic rings. The first-order valence-corrected chi connectivity index (χ1v) is 9.57. The summed E-state index contributed by atoms with van der Waals surface area (Å²) in [7, 11) is 0. The number of hydrogen-bond donors (Lipinski definition) is 1. The maximum absolute atomic E-state index is 12.5. The smallest absolute Gasteiger partial charge is 0.338 e. The summed E-state index contributed by atoms with van der Waals surface area (Å²) in [6, 6.07) is 11.6. The Kier molecular flexibility index (Phi) is 6.00. The van der Waals surface area contributed by atoms with Gasteiger partial charge in [0, 0.05) is 28.9 Å². The second-order valence-electron chi connectivity index (χ2n) is 6.01. The van der Waals surface area contributed by atoms with Gasteiger partial charge in [-0.3, -0.25) is 14.9 Å². The van der Waals surface area contributed by atoms with Crippen molar-refractivity contribution in [2.75, 3.05) is 13.2 Å². The molecule has 2 aromatic carbocycles. The van der Waals surface area contributed by atoms with Crippen LogP contribution in [0.1, 0.15) is 33.2 Å². The SMILES string of the molecule is CCOC(=O)c1cc(C(=O)NCCc2csc3ccccc23)cc([N+](=O)[O-])c1. The van der Waals surface area contributed by atoms with Gasteiger partial charge in [0.05, 0.1) is 17.1 Å². The largest absolute Gasteiger partial charge is 0.462 e. The number of thiophene rings is 1. The van der Waals surface area contributed by atoms with Crippen LogP contribution in [0.4, 0.5) is 5.69 Å². The number of nitrogens with zero attached hydrogens (tertiary/aromatic N) is 1. The molecule has 0 radical (unpaired) electrons. The number of esters is 1. The van der Waals surface area contributed by atoms with Crippen LogP contribution in [0.15, 0.2) is 47.8 Å². The molecule has 0 aliphatic carbocycles. The summed E-state index contributed by atoms with van der Waals surface area (Å²) in [5, 5.41) is 17.1. The number of nitro benzene ring substituents is 1. The highest BCUT2D eigenvalue weighted by Gasteiger charge is 2.18. The van der Waals surface area contributed by atoms with Crippen molar-refractivity contribution in [2.45, 2.75) is 13.3 Å². The van der Waals surface area contributed by atoms with E-state index in [1.54, 1.807) is 18.3 Å². The maximum atomic E-state index is 12.5. The third kappa shape index (κ3) is 4.34. The Hall–Kier alpha value is -3.26. The van der Waals surface area contributed by atoms with Gasteiger partial charge >= 0.3 is 5.97 Å². The first kappa shape index (κ1) is 19.5. The second kappa shape index (κ2) is 8.62. The van der Waals surface area contributed by atoms with E-state index in [0.717, 1.165) is 23.1 Å². The monoisotopic (exact) mass is 398 g/mol. The molecule has 0 saturated carbocycles. The predicted molar refractivity (Wildman–Crippen MR) is 107 cm³/mol. The maximum Gasteiger partial charge on any atom is 0.338 e. The highest BCUT2D eigenvalue weighted by molar-refractivity contribution is 7.17.